The van der Waals surface area contributed by atoms with Crippen LogP contribution >= 0.6 is 24.0 Å². The van der Waals surface area contributed by atoms with Gasteiger partial charge in [-0.2, -0.15) is 0 Å². The van der Waals surface area contributed by atoms with Crippen molar-refractivity contribution in [3.05, 3.63) is 71.8 Å². The van der Waals surface area contributed by atoms with Gasteiger partial charge >= 0.3 is 0 Å². The average molecular weight is 380 g/mol. The van der Waals surface area contributed by atoms with Crippen LogP contribution in [-0.2, 0) is 14.9 Å². The molecule has 0 amide bonds. The maximum Gasteiger partial charge on any atom is 0.236 e. The van der Waals surface area contributed by atoms with E-state index in [2.05, 4.69) is 4.90 Å². The topological polar surface area (TPSA) is 29.5 Å². The van der Waals surface area contributed by atoms with Crippen LogP contribution in [0.2, 0.25) is 0 Å². The number of rotatable bonds is 6. The molecule has 2 aromatic carbocycles. The SMILES string of the molecule is Cl.O=C(Cl)C(CCN1CCOCC1)(c1ccccc1)c1ccccc1. The molecule has 0 atom stereocenters. The van der Waals surface area contributed by atoms with E-state index in [-0.39, 0.29) is 17.6 Å². The summed E-state index contributed by atoms with van der Waals surface area (Å²) in [5.41, 5.74) is 1.08. The molecule has 0 bridgehead atoms. The minimum Gasteiger partial charge on any atom is -0.379 e. The van der Waals surface area contributed by atoms with Gasteiger partial charge in [-0.3, -0.25) is 9.69 Å². The van der Waals surface area contributed by atoms with Crippen LogP contribution in [0.25, 0.3) is 0 Å². The number of hydrogen-bond donors (Lipinski definition) is 0. The molecule has 3 rings (SSSR count). The highest BCUT2D eigenvalue weighted by atomic mass is 35.5. The zero-order chi connectivity index (χ0) is 16.8. The summed E-state index contributed by atoms with van der Waals surface area (Å²) < 4.78 is 5.41. The number of benzene rings is 2. The molecule has 0 aromatic heterocycles. The zero-order valence-corrected chi connectivity index (χ0v) is 15.6. The lowest BCUT2D eigenvalue weighted by molar-refractivity contribution is -0.115. The number of carbonyl (C=O) groups is 1. The molecule has 0 unspecified atom stereocenters. The lowest BCUT2D eigenvalue weighted by Gasteiger charge is -2.35. The van der Waals surface area contributed by atoms with Crippen LogP contribution in [0.5, 0.6) is 0 Å². The fraction of sp³-hybridized carbons (Fsp3) is 0.350. The van der Waals surface area contributed by atoms with E-state index in [0.29, 0.717) is 6.42 Å². The fourth-order valence-corrected chi connectivity index (χ4v) is 3.69. The quantitative estimate of drug-likeness (QED) is 0.713. The highest BCUT2D eigenvalue weighted by Crippen LogP contribution is 2.38. The molecular formula is C20H23Cl2NO2. The smallest absolute Gasteiger partial charge is 0.236 e. The Balaban J connectivity index is 0.00000225. The molecule has 1 aliphatic rings. The van der Waals surface area contributed by atoms with E-state index in [1.54, 1.807) is 0 Å². The lowest BCUT2D eigenvalue weighted by atomic mass is 9.73. The van der Waals surface area contributed by atoms with Crippen molar-refractivity contribution in [2.75, 3.05) is 32.8 Å². The standard InChI is InChI=1S/C20H22ClNO2.ClH/c21-19(23)20(17-7-3-1-4-8-17,18-9-5-2-6-10-18)11-12-22-13-15-24-16-14-22;/h1-10H,11-16H2;1H. The monoisotopic (exact) mass is 379 g/mol. The van der Waals surface area contributed by atoms with E-state index >= 15 is 0 Å². The zero-order valence-electron chi connectivity index (χ0n) is 14.1. The molecule has 134 valence electrons. The van der Waals surface area contributed by atoms with Gasteiger partial charge in [0.1, 0.15) is 0 Å². The third-order valence-electron chi connectivity index (χ3n) is 4.78. The Hall–Kier alpha value is -1.39. The maximum absolute atomic E-state index is 12.7. The van der Waals surface area contributed by atoms with Crippen molar-refractivity contribution in [3.8, 4) is 0 Å². The summed E-state index contributed by atoms with van der Waals surface area (Å²) >= 11 is 6.21. The molecule has 0 radical (unpaired) electrons. The number of carbonyl (C=O) groups excluding carboxylic acids is 1. The molecule has 1 saturated heterocycles. The largest absolute Gasteiger partial charge is 0.379 e. The van der Waals surface area contributed by atoms with E-state index < -0.39 is 5.41 Å². The first-order valence-corrected chi connectivity index (χ1v) is 8.72. The molecule has 2 aromatic rings. The van der Waals surface area contributed by atoms with Gasteiger partial charge in [-0.05, 0) is 35.7 Å². The van der Waals surface area contributed by atoms with Crippen LogP contribution < -0.4 is 0 Å². The van der Waals surface area contributed by atoms with Crippen LogP contribution in [0, 0.1) is 0 Å². The van der Waals surface area contributed by atoms with Crippen molar-refractivity contribution in [1.29, 1.82) is 0 Å². The molecule has 0 aliphatic carbocycles. The molecule has 5 heteroatoms. The molecule has 0 spiro atoms. The molecule has 1 fully saturated rings. The summed E-state index contributed by atoms with van der Waals surface area (Å²) in [4.78, 5) is 15.0. The summed E-state index contributed by atoms with van der Waals surface area (Å²) in [5.74, 6) is 0. The molecule has 25 heavy (non-hydrogen) atoms. The molecule has 0 N–H and O–H groups in total. The predicted octanol–water partition coefficient (Wildman–Crippen LogP) is 3.88. The van der Waals surface area contributed by atoms with Gasteiger partial charge in [0.25, 0.3) is 0 Å². The number of nitrogens with zero attached hydrogens (tertiary/aromatic N) is 1. The second kappa shape index (κ2) is 9.35. The van der Waals surface area contributed by atoms with E-state index in [0.717, 1.165) is 44.0 Å². The Kier molecular flexibility index (Phi) is 7.45. The highest BCUT2D eigenvalue weighted by Gasteiger charge is 2.40. The Morgan fingerprint density at radius 3 is 1.88 bits per heavy atom. The van der Waals surface area contributed by atoms with Gasteiger partial charge in [-0.1, -0.05) is 60.7 Å². The first kappa shape index (κ1) is 19.9. The van der Waals surface area contributed by atoms with Crippen molar-refractivity contribution >= 4 is 29.3 Å². The first-order chi connectivity index (χ1) is 11.7. The van der Waals surface area contributed by atoms with Crippen molar-refractivity contribution in [2.45, 2.75) is 11.8 Å². The van der Waals surface area contributed by atoms with Crippen LogP contribution in [0.1, 0.15) is 17.5 Å². The van der Waals surface area contributed by atoms with Crippen LogP contribution in [0.15, 0.2) is 60.7 Å². The Labute approximate surface area is 160 Å². The minimum absolute atomic E-state index is 0. The Morgan fingerprint density at radius 1 is 0.960 bits per heavy atom. The van der Waals surface area contributed by atoms with Crippen molar-refractivity contribution in [3.63, 3.8) is 0 Å². The van der Waals surface area contributed by atoms with Crippen molar-refractivity contribution in [1.82, 2.24) is 4.90 Å². The number of halogens is 2. The molecule has 0 saturated carbocycles. The van der Waals surface area contributed by atoms with E-state index in [4.69, 9.17) is 16.3 Å². The molecule has 3 nitrogen and oxygen atoms in total. The third-order valence-corrected chi connectivity index (χ3v) is 5.10. The van der Waals surface area contributed by atoms with Gasteiger partial charge in [-0.15, -0.1) is 12.4 Å². The van der Waals surface area contributed by atoms with Crippen molar-refractivity contribution < 1.29 is 9.53 Å². The van der Waals surface area contributed by atoms with Crippen LogP contribution in [0.3, 0.4) is 0 Å². The minimum atomic E-state index is -0.817. The Morgan fingerprint density at radius 2 is 1.44 bits per heavy atom. The lowest BCUT2D eigenvalue weighted by Crippen LogP contribution is -2.42. The summed E-state index contributed by atoms with van der Waals surface area (Å²) in [5, 5.41) is -0.326. The molecule has 1 aliphatic heterocycles. The Bertz CT molecular complexity index is 618. The molecule has 1 heterocycles. The number of ether oxygens (including phenoxy) is 1. The van der Waals surface area contributed by atoms with Gasteiger partial charge in [0.05, 0.1) is 18.6 Å². The normalized spacial score (nSPS) is 15.4. The number of hydrogen-bond acceptors (Lipinski definition) is 3. The molecular weight excluding hydrogens is 357 g/mol. The van der Waals surface area contributed by atoms with Crippen LogP contribution in [0.4, 0.5) is 0 Å². The first-order valence-electron chi connectivity index (χ1n) is 8.34. The third kappa shape index (κ3) is 4.42. The highest BCUT2D eigenvalue weighted by molar-refractivity contribution is 6.66. The second-order valence-electron chi connectivity index (χ2n) is 6.12. The van der Waals surface area contributed by atoms with E-state index in [1.165, 1.54) is 0 Å². The fourth-order valence-electron chi connectivity index (χ4n) is 3.38. The average Bonchev–Trinajstić information content (AvgIpc) is 2.65. The van der Waals surface area contributed by atoms with Crippen molar-refractivity contribution in [2.24, 2.45) is 0 Å². The van der Waals surface area contributed by atoms with Gasteiger partial charge in [0.2, 0.25) is 5.24 Å². The number of morpholine rings is 1. The van der Waals surface area contributed by atoms with Gasteiger partial charge < -0.3 is 4.74 Å². The second-order valence-corrected chi connectivity index (χ2v) is 6.46. The maximum atomic E-state index is 12.7. The summed E-state index contributed by atoms with van der Waals surface area (Å²) in [6, 6.07) is 19.7. The van der Waals surface area contributed by atoms with E-state index in [9.17, 15) is 4.79 Å². The van der Waals surface area contributed by atoms with E-state index in [1.807, 2.05) is 60.7 Å². The van der Waals surface area contributed by atoms with Gasteiger partial charge in [0, 0.05) is 13.1 Å². The summed E-state index contributed by atoms with van der Waals surface area (Å²) in [6.07, 6.45) is 0.656. The van der Waals surface area contributed by atoms with Gasteiger partial charge in [-0.25, -0.2) is 0 Å². The van der Waals surface area contributed by atoms with Gasteiger partial charge in [0.15, 0.2) is 0 Å². The van der Waals surface area contributed by atoms with Crippen LogP contribution in [-0.4, -0.2) is 43.0 Å². The summed E-state index contributed by atoms with van der Waals surface area (Å²) in [7, 11) is 0. The predicted molar refractivity (Wildman–Crippen MR) is 104 cm³/mol. The summed E-state index contributed by atoms with van der Waals surface area (Å²) in [6.45, 7) is 4.11.